The molecule has 366 valence electrons. The number of carbonyl (C=O) groups is 9. The smallest absolute Gasteiger partial charge is 0.339 e. The van der Waals surface area contributed by atoms with E-state index in [0.29, 0.717) is 24.3 Å². The van der Waals surface area contributed by atoms with Gasteiger partial charge >= 0.3 is 5.97 Å². The summed E-state index contributed by atoms with van der Waals surface area (Å²) < 4.78 is 14.8. The largest absolute Gasteiger partial charge is 0.496 e. The number of hydrogen-bond donors (Lipinski definition) is 8. The molecule has 0 aliphatic carbocycles. The SMILES string of the molecule is COc1cc(N)ccc1C(=O)NC1CCC(=O)NC1=O.COc1cc([N+](=O)[O-])ccc1C(=O)NC1CCC(=O)NC1=O.COc1cc([N+](=O)[O-])ccc1C(=O)O.NC1CCC(=O)NC1=O.[CH3-].[HH].[Pd]. The summed E-state index contributed by atoms with van der Waals surface area (Å²) in [6, 6.07) is 9.46. The second-order valence-electron chi connectivity index (χ2n) is 13.6. The van der Waals surface area contributed by atoms with Crippen molar-refractivity contribution >= 4 is 70.3 Å². The molecular formula is C40H48N9O17Pd-. The van der Waals surface area contributed by atoms with E-state index in [2.05, 4.69) is 26.6 Å². The fourth-order valence-corrected chi connectivity index (χ4v) is 5.69. The zero-order chi connectivity index (χ0) is 48.5. The van der Waals surface area contributed by atoms with Crippen LogP contribution in [0.4, 0.5) is 17.1 Å². The zero-order valence-electron chi connectivity index (χ0n) is 36.0. The van der Waals surface area contributed by atoms with Gasteiger partial charge in [-0.15, -0.1) is 0 Å². The predicted molar refractivity (Wildman–Crippen MR) is 230 cm³/mol. The molecule has 0 spiro atoms. The number of nitrogen functional groups attached to an aromatic ring is 1. The number of piperidine rings is 3. The fourth-order valence-electron chi connectivity index (χ4n) is 5.69. The van der Waals surface area contributed by atoms with Gasteiger partial charge < -0.3 is 48.8 Å². The van der Waals surface area contributed by atoms with Gasteiger partial charge in [0, 0.05) is 65.0 Å². The van der Waals surface area contributed by atoms with Crippen molar-refractivity contribution < 1.29 is 94.2 Å². The summed E-state index contributed by atoms with van der Waals surface area (Å²) in [6.07, 6.45) is 1.67. The molecular weight excluding hydrogens is 985 g/mol. The Balaban J connectivity index is 0.000000904. The van der Waals surface area contributed by atoms with E-state index in [1.807, 2.05) is 0 Å². The fraction of sp³-hybridized carbons (Fsp3) is 0.300. The minimum absolute atomic E-state index is 0. The number of nitrogens with two attached hydrogens (primary N) is 2. The molecule has 67 heavy (non-hydrogen) atoms. The Hall–Kier alpha value is -7.89. The molecule has 0 saturated carbocycles. The number of imide groups is 3. The average Bonchev–Trinajstić information content (AvgIpc) is 3.26. The first-order chi connectivity index (χ1) is 30.7. The quantitative estimate of drug-likeness (QED) is 0.0346. The number of methoxy groups -OCH3 is 3. The molecule has 3 unspecified atom stereocenters. The number of nitrogens with zero attached hydrogens (tertiary/aromatic N) is 2. The second-order valence-corrected chi connectivity index (χ2v) is 13.6. The van der Waals surface area contributed by atoms with Crippen molar-refractivity contribution in [3.05, 3.63) is 98.9 Å². The van der Waals surface area contributed by atoms with E-state index >= 15 is 0 Å². The Labute approximate surface area is 395 Å². The number of non-ortho nitro benzene ring substituents is 2. The van der Waals surface area contributed by atoms with Crippen LogP contribution in [0.25, 0.3) is 0 Å². The van der Waals surface area contributed by atoms with Gasteiger partial charge in [-0.1, -0.05) is 0 Å². The Bertz CT molecular complexity index is 2410. The van der Waals surface area contributed by atoms with Gasteiger partial charge in [-0.05, 0) is 43.5 Å². The van der Waals surface area contributed by atoms with Crippen molar-refractivity contribution in [3.63, 3.8) is 0 Å². The van der Waals surface area contributed by atoms with Gasteiger partial charge in [0.25, 0.3) is 23.2 Å². The van der Waals surface area contributed by atoms with Crippen LogP contribution in [0.2, 0.25) is 0 Å². The molecule has 8 amide bonds. The molecule has 3 aromatic rings. The number of hydrogen-bond acceptors (Lipinski definition) is 18. The van der Waals surface area contributed by atoms with Gasteiger partial charge in [0.2, 0.25) is 35.4 Å². The molecule has 3 fully saturated rings. The summed E-state index contributed by atoms with van der Waals surface area (Å²) >= 11 is 0. The summed E-state index contributed by atoms with van der Waals surface area (Å²) in [5.41, 5.74) is 11.2. The Morgan fingerprint density at radius 2 is 1.00 bits per heavy atom. The molecule has 0 radical (unpaired) electrons. The molecule has 3 atom stereocenters. The first-order valence-corrected chi connectivity index (χ1v) is 18.9. The Morgan fingerprint density at radius 1 is 0.642 bits per heavy atom. The van der Waals surface area contributed by atoms with Gasteiger partial charge in [-0.3, -0.25) is 74.5 Å². The third kappa shape index (κ3) is 16.9. The van der Waals surface area contributed by atoms with E-state index in [1.54, 1.807) is 6.07 Å². The number of benzene rings is 3. The summed E-state index contributed by atoms with van der Waals surface area (Å²) in [5.74, 6) is -4.27. The van der Waals surface area contributed by atoms with E-state index in [0.717, 1.165) is 24.3 Å². The minimum atomic E-state index is -1.18. The standard InChI is InChI=1S/C13H13N3O6.C13H15N3O4.C8H7NO5.C5H8N2O2.CH3.Pd.H2/c1-22-10-6-7(16(20)21)2-3-8(10)12(18)14-9-4-5-11(17)15-13(9)19;1-20-10-6-7(14)2-3-8(10)12(18)15-9-4-5-11(17)16-13(9)19;1-14-7-4-5(9(12)13)2-3-6(7)8(10)11;6-3-1-2-4(8)7-5(3)9;;;/h2-3,6,9H,4-5H2,1H3,(H,14,18)(H,15,17,19);2-3,6,9H,4-5,14H2,1H3,(H,15,18)(H,16,17,19);2-4H,1H3,(H,10,11);3H,1-2,6H2,(H,7,8,9);1H3;;1H/q;;;;-1;;. The van der Waals surface area contributed by atoms with E-state index in [9.17, 15) is 63.4 Å². The first kappa shape index (κ1) is 57.1. The van der Waals surface area contributed by atoms with Crippen LogP contribution in [0.3, 0.4) is 0 Å². The number of nitro benzene ring substituents is 2. The van der Waals surface area contributed by atoms with Crippen LogP contribution in [-0.2, 0) is 49.2 Å². The number of aromatic carboxylic acids is 1. The third-order valence-electron chi connectivity index (χ3n) is 9.11. The van der Waals surface area contributed by atoms with Crippen molar-refractivity contribution in [3.8, 4) is 17.2 Å². The van der Waals surface area contributed by atoms with E-state index in [4.69, 9.17) is 30.8 Å². The van der Waals surface area contributed by atoms with Crippen LogP contribution in [0.15, 0.2) is 54.6 Å². The molecule has 10 N–H and O–H groups in total. The zero-order valence-corrected chi connectivity index (χ0v) is 37.6. The van der Waals surface area contributed by atoms with Crippen molar-refractivity contribution in [2.45, 2.75) is 56.7 Å². The van der Waals surface area contributed by atoms with Crippen LogP contribution >= 0.6 is 0 Å². The van der Waals surface area contributed by atoms with Gasteiger partial charge in [0.1, 0.15) is 34.9 Å². The molecule has 3 saturated heterocycles. The van der Waals surface area contributed by atoms with Gasteiger partial charge in [0.05, 0.1) is 60.5 Å². The molecule has 3 aromatic carbocycles. The number of carbonyl (C=O) groups excluding carboxylic acids is 8. The maximum Gasteiger partial charge on any atom is 0.339 e. The number of nitro groups is 2. The molecule has 3 aliphatic heterocycles. The monoisotopic (exact) mass is 1030 g/mol. The topological polar surface area (TPSA) is 400 Å². The van der Waals surface area contributed by atoms with E-state index in [-0.39, 0.29) is 118 Å². The molecule has 0 bridgehead atoms. The van der Waals surface area contributed by atoms with Crippen molar-refractivity contribution in [2.75, 3.05) is 27.1 Å². The summed E-state index contributed by atoms with van der Waals surface area (Å²) in [4.78, 5) is 121. The average molecular weight is 1030 g/mol. The Kier molecular flexibility index (Phi) is 22.8. The molecule has 0 aromatic heterocycles. The number of carboxylic acid groups (broad SMARTS) is 1. The van der Waals surface area contributed by atoms with Crippen molar-refractivity contribution in [1.82, 2.24) is 26.6 Å². The molecule has 6 rings (SSSR count). The number of amides is 8. The maximum atomic E-state index is 12.2. The van der Waals surface area contributed by atoms with Crippen molar-refractivity contribution in [2.24, 2.45) is 5.73 Å². The molecule has 3 heterocycles. The third-order valence-corrected chi connectivity index (χ3v) is 9.11. The van der Waals surface area contributed by atoms with Gasteiger partial charge in [-0.25, -0.2) is 4.79 Å². The summed E-state index contributed by atoms with van der Waals surface area (Å²) in [5, 5.41) is 41.2. The van der Waals surface area contributed by atoms with Crippen LogP contribution in [0.1, 0.15) is 71.0 Å². The number of ether oxygens (including phenoxy) is 3. The molecule has 3 aliphatic rings. The Morgan fingerprint density at radius 3 is 1.36 bits per heavy atom. The van der Waals surface area contributed by atoms with Crippen molar-refractivity contribution in [1.29, 1.82) is 0 Å². The molecule has 26 nitrogen and oxygen atoms in total. The molecule has 27 heteroatoms. The normalized spacial score (nSPS) is 17.0. The number of nitrogens with one attached hydrogen (secondary N) is 5. The van der Waals surface area contributed by atoms with Crippen LogP contribution in [-0.4, -0.2) is 108 Å². The van der Waals surface area contributed by atoms with Gasteiger partial charge in [-0.2, -0.15) is 0 Å². The summed E-state index contributed by atoms with van der Waals surface area (Å²) in [6.45, 7) is 0. The van der Waals surface area contributed by atoms with E-state index in [1.165, 1.54) is 45.6 Å². The van der Waals surface area contributed by atoms with Gasteiger partial charge in [0.15, 0.2) is 0 Å². The number of carboxylic acids is 1. The maximum absolute atomic E-state index is 12.2. The second kappa shape index (κ2) is 26.8. The summed E-state index contributed by atoms with van der Waals surface area (Å²) in [7, 11) is 3.96. The van der Waals surface area contributed by atoms with Crippen LogP contribution < -0.4 is 52.3 Å². The number of anilines is 1. The predicted octanol–water partition coefficient (Wildman–Crippen LogP) is 0.696. The van der Waals surface area contributed by atoms with Crippen LogP contribution in [0.5, 0.6) is 17.2 Å². The first-order valence-electron chi connectivity index (χ1n) is 18.9. The van der Waals surface area contributed by atoms with Crippen LogP contribution in [0, 0.1) is 27.7 Å². The van der Waals surface area contributed by atoms with E-state index < -0.39 is 57.6 Å². The number of rotatable bonds is 10. The minimum Gasteiger partial charge on any atom is -0.496 e.